The van der Waals surface area contributed by atoms with Crippen molar-refractivity contribution in [1.29, 1.82) is 0 Å². The van der Waals surface area contributed by atoms with Gasteiger partial charge in [0.05, 0.1) is 0 Å². The zero-order chi connectivity index (χ0) is 51.8. The SMILES string of the molecule is CCCCCCCCCCCCCc1c(CCCCCCCCCCCCC)c2c(CCCCCCCCCCCCC)c(CCCCCCCCCCCCC)c1OP(=O)(O)Oc1ccc(cc1)C2(C)C. The van der Waals surface area contributed by atoms with Gasteiger partial charge in [-0.05, 0) is 96.9 Å². The second-order valence-electron chi connectivity index (χ2n) is 23.6. The van der Waals surface area contributed by atoms with Crippen molar-refractivity contribution in [3.63, 3.8) is 0 Å². The molecule has 4 aliphatic heterocycles. The predicted molar refractivity (Wildman–Crippen MR) is 317 cm³/mol. The highest BCUT2D eigenvalue weighted by atomic mass is 31.2. The van der Waals surface area contributed by atoms with Crippen molar-refractivity contribution in [2.24, 2.45) is 0 Å². The minimum Gasteiger partial charge on any atom is -0.395 e. The summed E-state index contributed by atoms with van der Waals surface area (Å²) in [5, 5.41) is 0. The topological polar surface area (TPSA) is 55.8 Å². The first-order valence-corrected chi connectivity index (χ1v) is 33.7. The van der Waals surface area contributed by atoms with Crippen molar-refractivity contribution in [1.82, 2.24) is 0 Å². The maximum Gasteiger partial charge on any atom is 0.584 e. The molecular weight excluding hydrogens is 900 g/mol. The monoisotopic (exact) mass is 1020 g/mol. The molecule has 0 saturated carbocycles. The first-order chi connectivity index (χ1) is 35.2. The van der Waals surface area contributed by atoms with Crippen LogP contribution in [0.15, 0.2) is 24.3 Å². The third-order valence-corrected chi connectivity index (χ3v) is 17.5. The second-order valence-corrected chi connectivity index (χ2v) is 24.9. The van der Waals surface area contributed by atoms with Gasteiger partial charge in [0, 0.05) is 5.41 Å². The van der Waals surface area contributed by atoms with Crippen LogP contribution in [0.2, 0.25) is 0 Å². The third-order valence-electron chi connectivity index (χ3n) is 16.6. The van der Waals surface area contributed by atoms with Crippen molar-refractivity contribution in [2.75, 3.05) is 0 Å². The first-order valence-electron chi connectivity index (χ1n) is 32.2. The van der Waals surface area contributed by atoms with Crippen LogP contribution in [0, 0.1) is 0 Å². The lowest BCUT2D eigenvalue weighted by atomic mass is 9.69. The lowest BCUT2D eigenvalue weighted by Crippen LogP contribution is -2.27. The molecule has 0 fully saturated rings. The van der Waals surface area contributed by atoms with Crippen molar-refractivity contribution in [2.45, 2.75) is 355 Å². The molecule has 4 aliphatic rings. The molecule has 0 aromatic heterocycles. The molecular formula is C67H119O4P. The Hall–Kier alpha value is -1.77. The molecule has 0 spiro atoms. The number of hydrogen-bond acceptors (Lipinski definition) is 3. The first kappa shape index (κ1) is 64.5. The molecule has 72 heavy (non-hydrogen) atoms. The van der Waals surface area contributed by atoms with Gasteiger partial charge < -0.3 is 9.05 Å². The molecule has 1 N–H and O–H groups in total. The van der Waals surface area contributed by atoms with Crippen LogP contribution in [0.4, 0.5) is 0 Å². The van der Waals surface area contributed by atoms with Crippen LogP contribution >= 0.6 is 7.82 Å². The van der Waals surface area contributed by atoms with Gasteiger partial charge in [0.1, 0.15) is 11.5 Å². The van der Waals surface area contributed by atoms with Crippen molar-refractivity contribution >= 4 is 7.82 Å². The summed E-state index contributed by atoms with van der Waals surface area (Å²) in [5.41, 5.74) is 7.86. The Morgan fingerprint density at radius 3 is 0.847 bits per heavy atom. The number of benzene rings is 2. The molecule has 6 rings (SSSR count). The van der Waals surface area contributed by atoms with Crippen LogP contribution in [0.5, 0.6) is 11.5 Å². The van der Waals surface area contributed by atoms with E-state index in [1.807, 2.05) is 12.1 Å². The Labute approximate surface area is 448 Å². The molecule has 4 nitrogen and oxygen atoms in total. The molecule has 1 unspecified atom stereocenters. The van der Waals surface area contributed by atoms with Crippen molar-refractivity contribution in [3.05, 3.63) is 57.6 Å². The second kappa shape index (κ2) is 41.4. The van der Waals surface area contributed by atoms with Gasteiger partial charge in [0.15, 0.2) is 0 Å². The summed E-state index contributed by atoms with van der Waals surface area (Å²) in [6.45, 7) is 14.2. The van der Waals surface area contributed by atoms with E-state index in [0.29, 0.717) is 5.75 Å². The molecule has 5 heteroatoms. The van der Waals surface area contributed by atoms with Crippen LogP contribution in [0.1, 0.15) is 357 Å². The zero-order valence-corrected chi connectivity index (χ0v) is 49.8. The summed E-state index contributed by atoms with van der Waals surface area (Å²) in [4.78, 5) is 11.8. The van der Waals surface area contributed by atoms with Gasteiger partial charge in [-0.25, -0.2) is 4.57 Å². The van der Waals surface area contributed by atoms with Crippen LogP contribution in [-0.4, -0.2) is 4.89 Å². The average molecular weight is 1020 g/mol. The molecule has 0 aliphatic carbocycles. The standard InChI is InChI=1S/C67H119O4P/c1-7-11-15-19-23-27-31-35-39-43-47-51-61-63(53-49-45-41-37-33-29-25-21-17-13-9-3)66-64(54-50-46-42-38-34-30-26-22-18-14-10-4)62(52-48-44-40-36-32-28-24-20-16-12-8-2)65(61)67(5,6)59-55-57-60(58-56-59)70-72(68,69)71-66/h55-58H,7-54H2,1-6H3,(H,68,69). The molecule has 1 atom stereocenters. The number of phosphoric ester groups is 1. The largest absolute Gasteiger partial charge is 0.584 e. The molecule has 2 aromatic carbocycles. The van der Waals surface area contributed by atoms with Gasteiger partial charge in [-0.3, -0.25) is 4.89 Å². The zero-order valence-electron chi connectivity index (χ0n) is 48.9. The summed E-state index contributed by atoms with van der Waals surface area (Å²) < 4.78 is 27.1. The van der Waals surface area contributed by atoms with Gasteiger partial charge in [0.25, 0.3) is 0 Å². The highest BCUT2D eigenvalue weighted by molar-refractivity contribution is 7.48. The van der Waals surface area contributed by atoms with E-state index >= 15 is 0 Å². The number of phosphoric acid groups is 1. The Balaban J connectivity index is 2.01. The fourth-order valence-corrected chi connectivity index (χ4v) is 13.0. The minimum absolute atomic E-state index is 0.253. The predicted octanol–water partition coefficient (Wildman–Crippen LogP) is 23.3. The quantitative estimate of drug-likeness (QED) is 0.0530. The van der Waals surface area contributed by atoms with Crippen LogP contribution in [0.25, 0.3) is 0 Å². The lowest BCUT2D eigenvalue weighted by molar-refractivity contribution is 0.288. The van der Waals surface area contributed by atoms with Gasteiger partial charge in [0.2, 0.25) is 0 Å². The fraction of sp³-hybridized carbons (Fsp3) is 0.821. The van der Waals surface area contributed by atoms with Crippen molar-refractivity contribution in [3.8, 4) is 11.5 Å². The summed E-state index contributed by atoms with van der Waals surface area (Å²) in [7, 11) is -4.51. The van der Waals surface area contributed by atoms with E-state index in [-0.39, 0.29) is 5.41 Å². The van der Waals surface area contributed by atoms with Crippen molar-refractivity contribution < 1.29 is 18.5 Å². The van der Waals surface area contributed by atoms with Gasteiger partial charge in [-0.15, -0.1) is 0 Å². The molecule has 4 bridgehead atoms. The minimum atomic E-state index is -4.51. The van der Waals surface area contributed by atoms with E-state index in [1.165, 1.54) is 290 Å². The maximum absolute atomic E-state index is 14.5. The Kier molecular flexibility index (Phi) is 37.1. The van der Waals surface area contributed by atoms with E-state index < -0.39 is 7.82 Å². The summed E-state index contributed by atoms with van der Waals surface area (Å²) in [6, 6.07) is 8.11. The van der Waals surface area contributed by atoms with E-state index in [9.17, 15) is 9.46 Å². The number of unbranched alkanes of at least 4 members (excludes halogenated alkanes) is 40. The molecule has 0 amide bonds. The van der Waals surface area contributed by atoms with E-state index in [0.717, 1.165) is 57.1 Å². The van der Waals surface area contributed by atoms with Gasteiger partial charge in [-0.2, -0.15) is 0 Å². The Morgan fingerprint density at radius 1 is 0.347 bits per heavy atom. The van der Waals surface area contributed by atoms with E-state index in [2.05, 4.69) is 53.7 Å². The molecule has 2 aromatic rings. The smallest absolute Gasteiger partial charge is 0.395 e. The lowest BCUT2D eigenvalue weighted by Gasteiger charge is -2.36. The number of hydrogen-bond donors (Lipinski definition) is 1. The maximum atomic E-state index is 14.5. The highest BCUT2D eigenvalue weighted by Gasteiger charge is 2.37. The van der Waals surface area contributed by atoms with Crippen LogP contribution < -0.4 is 9.05 Å². The Morgan fingerprint density at radius 2 is 0.583 bits per heavy atom. The summed E-state index contributed by atoms with van der Waals surface area (Å²) in [6.07, 6.45) is 61.7. The van der Waals surface area contributed by atoms with E-state index in [1.54, 1.807) is 0 Å². The van der Waals surface area contributed by atoms with E-state index in [4.69, 9.17) is 9.05 Å². The average Bonchev–Trinajstić information content (AvgIpc) is 3.36. The number of rotatable bonds is 48. The molecule has 0 saturated heterocycles. The Bertz CT molecular complexity index is 1570. The third kappa shape index (κ3) is 27.3. The van der Waals surface area contributed by atoms with Crippen LogP contribution in [-0.2, 0) is 35.7 Å². The van der Waals surface area contributed by atoms with Gasteiger partial charge >= 0.3 is 7.82 Å². The highest BCUT2D eigenvalue weighted by Crippen LogP contribution is 2.53. The molecule has 0 radical (unpaired) electrons. The van der Waals surface area contributed by atoms with Gasteiger partial charge in [-0.1, -0.05) is 311 Å². The molecule has 416 valence electrons. The fourth-order valence-electron chi connectivity index (χ4n) is 12.1. The summed E-state index contributed by atoms with van der Waals surface area (Å²) >= 11 is 0. The van der Waals surface area contributed by atoms with Crippen LogP contribution in [0.3, 0.4) is 0 Å². The normalized spacial score (nSPS) is 15.2. The molecule has 4 heterocycles. The summed E-state index contributed by atoms with van der Waals surface area (Å²) in [5.74, 6) is 1.13.